The van der Waals surface area contributed by atoms with Crippen LogP contribution < -0.4 is 0 Å². The van der Waals surface area contributed by atoms with E-state index in [-0.39, 0.29) is 0 Å². The molecule has 0 aromatic heterocycles. The maximum Gasteiger partial charge on any atom is 0.0263 e. The second-order valence-corrected chi connectivity index (χ2v) is 1.32. The summed E-state index contributed by atoms with van der Waals surface area (Å²) in [5.41, 5.74) is 0. The summed E-state index contributed by atoms with van der Waals surface area (Å²) in [7, 11) is 0. The number of hydrogen-bond donors (Lipinski definition) is 0. The molecule has 0 saturated heterocycles. The molecule has 0 fully saturated rings. The van der Waals surface area contributed by atoms with Gasteiger partial charge in [0.2, 0.25) is 0 Å². The quantitative estimate of drug-likeness (QED) is 0.389. The van der Waals surface area contributed by atoms with E-state index < -0.39 is 0 Å². The summed E-state index contributed by atoms with van der Waals surface area (Å²) in [6.45, 7) is 5.54. The number of hydrogen-bond acceptors (Lipinski definition) is 1. The molecule has 1 heteroatoms. The van der Waals surface area contributed by atoms with E-state index in [0.717, 1.165) is 6.42 Å². The number of rotatable bonds is 3. The van der Waals surface area contributed by atoms with E-state index in [1.54, 1.807) is 18.4 Å². The van der Waals surface area contributed by atoms with Crippen molar-refractivity contribution in [2.75, 3.05) is 0 Å². The van der Waals surface area contributed by atoms with Crippen molar-refractivity contribution in [2.24, 2.45) is 4.99 Å². The van der Waals surface area contributed by atoms with E-state index in [9.17, 15) is 0 Å². The second-order valence-electron chi connectivity index (χ2n) is 1.32. The summed E-state index contributed by atoms with van der Waals surface area (Å²) in [5, 5.41) is 0. The molecule has 0 N–H and O–H groups in total. The average Bonchev–Trinajstić information content (AvgIpc) is 1.81. The third-order valence-corrected chi connectivity index (χ3v) is 0.596. The van der Waals surface area contributed by atoms with Crippen LogP contribution in [0.15, 0.2) is 29.9 Å². The molecule has 0 atom stereocenters. The number of nitrogens with zero attached hydrogens (tertiary/aromatic N) is 1. The largest absolute Gasteiger partial charge is 0.269 e. The molecule has 0 bridgehead atoms. The molecule has 0 aliphatic carbocycles. The summed E-state index contributed by atoms with van der Waals surface area (Å²) in [6, 6.07) is 0. The zero-order valence-corrected chi connectivity index (χ0v) is 5.17. The summed E-state index contributed by atoms with van der Waals surface area (Å²) in [4.78, 5) is 3.90. The van der Waals surface area contributed by atoms with Crippen LogP contribution in [-0.4, -0.2) is 6.21 Å². The van der Waals surface area contributed by atoms with Crippen LogP contribution in [0.1, 0.15) is 13.3 Å². The van der Waals surface area contributed by atoms with Crippen LogP contribution in [0, 0.1) is 0 Å². The molecule has 1 nitrogen and oxygen atoms in total. The molecule has 0 amide bonds. The molecule has 8 heavy (non-hydrogen) atoms. The fourth-order valence-electron chi connectivity index (χ4n) is 0.277. The van der Waals surface area contributed by atoms with E-state index in [1.807, 2.05) is 13.1 Å². The van der Waals surface area contributed by atoms with Gasteiger partial charge in [-0.2, -0.15) is 0 Å². The Bertz CT molecular complexity index is 101. The SMILES string of the molecule is C=C/C=C\N=CCC. The Hall–Kier alpha value is -0.850. The van der Waals surface area contributed by atoms with Gasteiger partial charge in [0.15, 0.2) is 0 Å². The molecular weight excluding hydrogens is 98.1 g/mol. The first-order valence-corrected chi connectivity index (χ1v) is 2.71. The van der Waals surface area contributed by atoms with Crippen molar-refractivity contribution in [1.29, 1.82) is 0 Å². The lowest BCUT2D eigenvalue weighted by atomic mass is 10.5. The van der Waals surface area contributed by atoms with E-state index in [4.69, 9.17) is 0 Å². The Morgan fingerprint density at radius 2 is 2.38 bits per heavy atom. The minimum absolute atomic E-state index is 0.988. The first-order valence-electron chi connectivity index (χ1n) is 2.71. The van der Waals surface area contributed by atoms with Crippen molar-refractivity contribution in [2.45, 2.75) is 13.3 Å². The van der Waals surface area contributed by atoms with Gasteiger partial charge in [-0.3, -0.25) is 4.99 Å². The Morgan fingerprint density at radius 3 is 2.88 bits per heavy atom. The lowest BCUT2D eigenvalue weighted by Crippen LogP contribution is -1.61. The third kappa shape index (κ3) is 5.15. The van der Waals surface area contributed by atoms with Gasteiger partial charge in [-0.05, 0) is 12.5 Å². The van der Waals surface area contributed by atoms with Gasteiger partial charge in [0.05, 0.1) is 0 Å². The highest BCUT2D eigenvalue weighted by Gasteiger charge is 1.59. The summed E-state index contributed by atoms with van der Waals surface area (Å²) < 4.78 is 0. The zero-order valence-electron chi connectivity index (χ0n) is 5.17. The first kappa shape index (κ1) is 7.15. The smallest absolute Gasteiger partial charge is 0.0263 e. The molecule has 0 aliphatic rings. The monoisotopic (exact) mass is 109 g/mol. The molecule has 0 radical (unpaired) electrons. The van der Waals surface area contributed by atoms with Crippen molar-refractivity contribution in [3.63, 3.8) is 0 Å². The Balaban J connectivity index is 3.26. The molecule has 0 spiro atoms. The van der Waals surface area contributed by atoms with Gasteiger partial charge >= 0.3 is 0 Å². The lowest BCUT2D eigenvalue weighted by Gasteiger charge is -1.72. The predicted octanol–water partition coefficient (Wildman–Crippen LogP) is 2.17. The molecular formula is C7H11N. The summed E-state index contributed by atoms with van der Waals surface area (Å²) in [6.07, 6.45) is 8.05. The maximum atomic E-state index is 3.90. The molecule has 0 unspecified atom stereocenters. The Kier molecular flexibility index (Phi) is 5.50. The van der Waals surface area contributed by atoms with E-state index in [1.165, 1.54) is 0 Å². The molecule has 0 aromatic rings. The minimum Gasteiger partial charge on any atom is -0.269 e. The fraction of sp³-hybridized carbons (Fsp3) is 0.286. The molecule has 44 valence electrons. The molecule has 0 saturated carbocycles. The van der Waals surface area contributed by atoms with Crippen LogP contribution in [0.4, 0.5) is 0 Å². The Morgan fingerprint density at radius 1 is 1.62 bits per heavy atom. The average molecular weight is 109 g/mol. The van der Waals surface area contributed by atoms with Crippen LogP contribution in [0.3, 0.4) is 0 Å². The van der Waals surface area contributed by atoms with Crippen LogP contribution in [0.5, 0.6) is 0 Å². The predicted molar refractivity (Wildman–Crippen MR) is 38.1 cm³/mol. The molecule has 0 aromatic carbocycles. The van der Waals surface area contributed by atoms with Gasteiger partial charge < -0.3 is 0 Å². The van der Waals surface area contributed by atoms with Gasteiger partial charge in [-0.1, -0.05) is 19.6 Å². The van der Waals surface area contributed by atoms with Crippen molar-refractivity contribution in [3.8, 4) is 0 Å². The maximum absolute atomic E-state index is 3.90. The normalized spacial score (nSPS) is 11.1. The van der Waals surface area contributed by atoms with Gasteiger partial charge in [0, 0.05) is 12.4 Å². The van der Waals surface area contributed by atoms with E-state index in [0.29, 0.717) is 0 Å². The highest BCUT2D eigenvalue weighted by Crippen LogP contribution is 1.74. The first-order chi connectivity index (χ1) is 3.91. The van der Waals surface area contributed by atoms with Gasteiger partial charge in [0.25, 0.3) is 0 Å². The van der Waals surface area contributed by atoms with Gasteiger partial charge in [-0.25, -0.2) is 0 Å². The van der Waals surface area contributed by atoms with Crippen LogP contribution in [0.25, 0.3) is 0 Å². The summed E-state index contributed by atoms with van der Waals surface area (Å²) in [5.74, 6) is 0. The van der Waals surface area contributed by atoms with E-state index >= 15 is 0 Å². The van der Waals surface area contributed by atoms with Crippen molar-refractivity contribution < 1.29 is 0 Å². The van der Waals surface area contributed by atoms with Crippen LogP contribution in [-0.2, 0) is 0 Å². The van der Waals surface area contributed by atoms with Crippen LogP contribution >= 0.6 is 0 Å². The molecule has 0 aliphatic heterocycles. The Labute approximate surface area is 50.4 Å². The standard InChI is InChI=1S/C7H11N/c1-3-5-7-8-6-4-2/h3,5-7H,1,4H2,2H3/b7-5-,8-6?. The molecule has 0 rings (SSSR count). The van der Waals surface area contributed by atoms with Crippen LogP contribution in [0.2, 0.25) is 0 Å². The third-order valence-electron chi connectivity index (χ3n) is 0.596. The number of allylic oxidation sites excluding steroid dienone is 2. The van der Waals surface area contributed by atoms with Crippen molar-refractivity contribution in [3.05, 3.63) is 24.9 Å². The highest BCUT2D eigenvalue weighted by molar-refractivity contribution is 5.57. The highest BCUT2D eigenvalue weighted by atomic mass is 14.7. The second kappa shape index (κ2) is 6.15. The lowest BCUT2D eigenvalue weighted by molar-refractivity contribution is 1.31. The van der Waals surface area contributed by atoms with Crippen molar-refractivity contribution >= 4 is 6.21 Å². The van der Waals surface area contributed by atoms with E-state index in [2.05, 4.69) is 11.6 Å². The van der Waals surface area contributed by atoms with Crippen molar-refractivity contribution in [1.82, 2.24) is 0 Å². The van der Waals surface area contributed by atoms with Gasteiger partial charge in [-0.15, -0.1) is 0 Å². The summed E-state index contributed by atoms with van der Waals surface area (Å²) >= 11 is 0. The number of aliphatic imine (C=N–C) groups is 1. The topological polar surface area (TPSA) is 12.4 Å². The molecule has 0 heterocycles. The zero-order chi connectivity index (χ0) is 6.24. The van der Waals surface area contributed by atoms with Gasteiger partial charge in [0.1, 0.15) is 0 Å². The fourth-order valence-corrected chi connectivity index (χ4v) is 0.277. The minimum atomic E-state index is 0.988.